The van der Waals surface area contributed by atoms with E-state index in [1.807, 2.05) is 30.9 Å². The summed E-state index contributed by atoms with van der Waals surface area (Å²) in [5.74, 6) is 0.0571. The van der Waals surface area contributed by atoms with Gasteiger partial charge in [-0.15, -0.1) is 11.3 Å². The molecule has 1 aromatic heterocycles. The number of carbonyl (C=O) groups excluding carboxylic acids is 1. The Labute approximate surface area is 123 Å². The van der Waals surface area contributed by atoms with Crippen LogP contribution in [-0.2, 0) is 6.42 Å². The molecule has 0 saturated heterocycles. The lowest BCUT2D eigenvalue weighted by atomic mass is 10.0. The van der Waals surface area contributed by atoms with Crippen molar-refractivity contribution >= 4 is 22.2 Å². The summed E-state index contributed by atoms with van der Waals surface area (Å²) < 4.78 is 0. The SMILES string of the molecule is CCN(CC)C(=O)c1c(N)sc2c1-c1ccccc1C2. The number of carbonyl (C=O) groups is 1. The summed E-state index contributed by atoms with van der Waals surface area (Å²) in [6.45, 7) is 5.42. The van der Waals surface area contributed by atoms with Gasteiger partial charge in [0.1, 0.15) is 0 Å². The fourth-order valence-corrected chi connectivity index (χ4v) is 3.98. The average molecular weight is 286 g/mol. The number of nitrogens with two attached hydrogens (primary N) is 1. The Balaban J connectivity index is 2.14. The number of anilines is 1. The van der Waals surface area contributed by atoms with Gasteiger partial charge in [-0.1, -0.05) is 24.3 Å². The number of fused-ring (bicyclic) bond motifs is 3. The standard InChI is InChI=1S/C16H18N2OS/c1-3-18(4-2)16(19)14-13-11-8-6-5-7-10(11)9-12(13)20-15(14)17/h5-8H,3-4,9,17H2,1-2H3. The maximum atomic E-state index is 12.7. The molecular weight excluding hydrogens is 268 g/mol. The van der Waals surface area contributed by atoms with Crippen molar-refractivity contribution in [2.45, 2.75) is 20.3 Å². The monoisotopic (exact) mass is 286 g/mol. The highest BCUT2D eigenvalue weighted by Gasteiger charge is 2.30. The Kier molecular flexibility index (Phi) is 3.26. The average Bonchev–Trinajstić information content (AvgIpc) is 2.94. The number of thiophene rings is 1. The predicted octanol–water partition coefficient (Wildman–Crippen LogP) is 3.38. The van der Waals surface area contributed by atoms with E-state index in [-0.39, 0.29) is 5.91 Å². The van der Waals surface area contributed by atoms with Gasteiger partial charge in [-0.3, -0.25) is 4.79 Å². The van der Waals surface area contributed by atoms with Crippen LogP contribution < -0.4 is 5.73 Å². The van der Waals surface area contributed by atoms with Gasteiger partial charge in [0.15, 0.2) is 0 Å². The Morgan fingerprint density at radius 3 is 2.70 bits per heavy atom. The molecule has 1 aromatic carbocycles. The first-order valence-electron chi connectivity index (χ1n) is 6.96. The molecular formula is C16H18N2OS. The summed E-state index contributed by atoms with van der Waals surface area (Å²) in [5, 5.41) is 0.654. The third kappa shape index (κ3) is 1.83. The van der Waals surface area contributed by atoms with Crippen molar-refractivity contribution in [3.8, 4) is 11.1 Å². The zero-order chi connectivity index (χ0) is 14.3. The van der Waals surface area contributed by atoms with E-state index in [1.165, 1.54) is 16.0 Å². The molecule has 0 saturated carbocycles. The number of benzene rings is 1. The highest BCUT2D eigenvalue weighted by atomic mass is 32.1. The van der Waals surface area contributed by atoms with Gasteiger partial charge in [-0.2, -0.15) is 0 Å². The first-order chi connectivity index (χ1) is 9.67. The molecule has 1 heterocycles. The van der Waals surface area contributed by atoms with Gasteiger partial charge in [0.05, 0.1) is 10.6 Å². The quantitative estimate of drug-likeness (QED) is 0.802. The van der Waals surface area contributed by atoms with E-state index in [2.05, 4.69) is 12.1 Å². The van der Waals surface area contributed by atoms with Crippen molar-refractivity contribution < 1.29 is 4.79 Å². The molecule has 3 rings (SSSR count). The lowest BCUT2D eigenvalue weighted by Gasteiger charge is -2.19. The molecule has 2 N–H and O–H groups in total. The van der Waals surface area contributed by atoms with Crippen LogP contribution in [0.3, 0.4) is 0 Å². The third-order valence-corrected chi connectivity index (χ3v) is 4.93. The minimum Gasteiger partial charge on any atom is -0.390 e. The van der Waals surface area contributed by atoms with Crippen molar-refractivity contribution in [3.63, 3.8) is 0 Å². The van der Waals surface area contributed by atoms with Gasteiger partial charge in [-0.25, -0.2) is 0 Å². The fourth-order valence-electron chi connectivity index (χ4n) is 2.88. The molecule has 20 heavy (non-hydrogen) atoms. The summed E-state index contributed by atoms with van der Waals surface area (Å²) in [6, 6.07) is 8.29. The zero-order valence-electron chi connectivity index (χ0n) is 11.8. The van der Waals surface area contributed by atoms with Crippen molar-refractivity contribution in [1.29, 1.82) is 0 Å². The normalized spacial score (nSPS) is 12.1. The third-order valence-electron chi connectivity index (χ3n) is 3.91. The summed E-state index contributed by atoms with van der Waals surface area (Å²) in [4.78, 5) is 15.8. The highest BCUT2D eigenvalue weighted by Crippen LogP contribution is 2.46. The van der Waals surface area contributed by atoms with Gasteiger partial charge < -0.3 is 10.6 Å². The first kappa shape index (κ1) is 13.2. The van der Waals surface area contributed by atoms with Crippen molar-refractivity contribution in [2.75, 3.05) is 18.8 Å². The molecule has 1 aliphatic carbocycles. The second-order valence-electron chi connectivity index (χ2n) is 4.95. The number of hydrogen-bond donors (Lipinski definition) is 1. The van der Waals surface area contributed by atoms with Crippen LogP contribution in [0.15, 0.2) is 24.3 Å². The molecule has 0 spiro atoms. The summed E-state index contributed by atoms with van der Waals surface area (Å²) in [5.41, 5.74) is 10.4. The molecule has 1 aliphatic rings. The first-order valence-corrected chi connectivity index (χ1v) is 7.77. The second kappa shape index (κ2) is 4.94. The molecule has 0 unspecified atom stereocenters. The van der Waals surface area contributed by atoms with Gasteiger partial charge >= 0.3 is 0 Å². The summed E-state index contributed by atoms with van der Waals surface area (Å²) in [7, 11) is 0. The predicted molar refractivity (Wildman–Crippen MR) is 84.2 cm³/mol. The van der Waals surface area contributed by atoms with Gasteiger partial charge in [0.25, 0.3) is 5.91 Å². The van der Waals surface area contributed by atoms with E-state index in [0.717, 1.165) is 12.0 Å². The lowest BCUT2D eigenvalue weighted by Crippen LogP contribution is -2.31. The van der Waals surface area contributed by atoms with Crippen LogP contribution in [0.2, 0.25) is 0 Å². The van der Waals surface area contributed by atoms with Crippen LogP contribution in [0, 0.1) is 0 Å². The minimum absolute atomic E-state index is 0.0571. The molecule has 104 valence electrons. The molecule has 1 amide bonds. The molecule has 4 heteroatoms. The Morgan fingerprint density at radius 1 is 1.30 bits per heavy atom. The Morgan fingerprint density at radius 2 is 2.00 bits per heavy atom. The van der Waals surface area contributed by atoms with Crippen LogP contribution in [0.1, 0.15) is 34.6 Å². The molecule has 0 fully saturated rings. The molecule has 0 atom stereocenters. The van der Waals surface area contributed by atoms with Gasteiger partial charge in [-0.05, 0) is 25.0 Å². The van der Waals surface area contributed by atoms with Crippen molar-refractivity contribution in [1.82, 2.24) is 4.90 Å². The van der Waals surface area contributed by atoms with E-state index >= 15 is 0 Å². The molecule has 0 aliphatic heterocycles. The summed E-state index contributed by atoms with van der Waals surface area (Å²) in [6.07, 6.45) is 0.895. The van der Waals surface area contributed by atoms with Gasteiger partial charge in [0, 0.05) is 30.0 Å². The molecule has 0 radical (unpaired) electrons. The molecule has 0 bridgehead atoms. The Bertz CT molecular complexity index is 671. The lowest BCUT2D eigenvalue weighted by molar-refractivity contribution is 0.0775. The second-order valence-corrected chi connectivity index (χ2v) is 6.09. The number of nitrogen functional groups attached to an aromatic ring is 1. The maximum absolute atomic E-state index is 12.7. The van der Waals surface area contributed by atoms with E-state index in [9.17, 15) is 4.79 Å². The van der Waals surface area contributed by atoms with Crippen LogP contribution in [-0.4, -0.2) is 23.9 Å². The largest absolute Gasteiger partial charge is 0.390 e. The fraction of sp³-hybridized carbons (Fsp3) is 0.312. The van der Waals surface area contributed by atoms with Crippen LogP contribution in [0.4, 0.5) is 5.00 Å². The Hall–Kier alpha value is -1.81. The van der Waals surface area contributed by atoms with E-state index in [0.29, 0.717) is 23.7 Å². The molecule has 3 nitrogen and oxygen atoms in total. The molecule has 2 aromatic rings. The smallest absolute Gasteiger partial charge is 0.257 e. The number of nitrogens with zero attached hydrogens (tertiary/aromatic N) is 1. The number of hydrogen-bond acceptors (Lipinski definition) is 3. The number of amides is 1. The van der Waals surface area contributed by atoms with E-state index < -0.39 is 0 Å². The van der Waals surface area contributed by atoms with E-state index in [1.54, 1.807) is 11.3 Å². The van der Waals surface area contributed by atoms with Crippen LogP contribution >= 0.6 is 11.3 Å². The topological polar surface area (TPSA) is 46.3 Å². The highest BCUT2D eigenvalue weighted by molar-refractivity contribution is 7.17. The number of rotatable bonds is 3. The van der Waals surface area contributed by atoms with Gasteiger partial charge in [0.2, 0.25) is 0 Å². The summed E-state index contributed by atoms with van der Waals surface area (Å²) >= 11 is 1.56. The van der Waals surface area contributed by atoms with Crippen molar-refractivity contribution in [3.05, 3.63) is 40.3 Å². The minimum atomic E-state index is 0.0571. The van der Waals surface area contributed by atoms with Crippen molar-refractivity contribution in [2.24, 2.45) is 0 Å². The maximum Gasteiger partial charge on any atom is 0.257 e. The zero-order valence-corrected chi connectivity index (χ0v) is 12.6. The van der Waals surface area contributed by atoms with Crippen LogP contribution in [0.25, 0.3) is 11.1 Å². The van der Waals surface area contributed by atoms with Crippen LogP contribution in [0.5, 0.6) is 0 Å². The van der Waals surface area contributed by atoms with E-state index in [4.69, 9.17) is 5.73 Å².